The van der Waals surface area contributed by atoms with Gasteiger partial charge in [-0.05, 0) is 29.8 Å². The van der Waals surface area contributed by atoms with E-state index in [2.05, 4.69) is 19.9 Å². The summed E-state index contributed by atoms with van der Waals surface area (Å²) in [6.07, 6.45) is 5.69. The lowest BCUT2D eigenvalue weighted by Gasteiger charge is -1.99. The number of aromatic amines is 2. The summed E-state index contributed by atoms with van der Waals surface area (Å²) in [5.41, 5.74) is 9.42. The van der Waals surface area contributed by atoms with Crippen molar-refractivity contribution in [3.63, 3.8) is 0 Å². The molecule has 6 nitrogen and oxygen atoms in total. The molecule has 4 aromatic rings. The molecule has 0 saturated carbocycles. The van der Waals surface area contributed by atoms with Crippen LogP contribution in [0.3, 0.4) is 0 Å². The Bertz CT molecular complexity index is 1130. The van der Waals surface area contributed by atoms with E-state index in [9.17, 15) is 4.79 Å². The Morgan fingerprint density at radius 2 is 1.84 bits per heavy atom. The number of aromatic nitrogens is 4. The minimum atomic E-state index is -0.261. The molecule has 0 radical (unpaired) electrons. The van der Waals surface area contributed by atoms with Gasteiger partial charge in [0.25, 0.3) is 5.56 Å². The number of H-pyrrole nitrogens is 2. The van der Waals surface area contributed by atoms with E-state index in [1.54, 1.807) is 12.3 Å². The van der Waals surface area contributed by atoms with Crippen molar-refractivity contribution < 1.29 is 0 Å². The predicted molar refractivity (Wildman–Crippen MR) is 99.7 cm³/mol. The van der Waals surface area contributed by atoms with Gasteiger partial charge in [-0.3, -0.25) is 14.8 Å². The predicted octanol–water partition coefficient (Wildman–Crippen LogP) is 3.07. The van der Waals surface area contributed by atoms with E-state index in [0.717, 1.165) is 22.5 Å². The van der Waals surface area contributed by atoms with Crippen LogP contribution in [0.25, 0.3) is 34.4 Å². The summed E-state index contributed by atoms with van der Waals surface area (Å²) in [7, 11) is 0. The number of nitrogens with zero attached hydrogens (tertiary/aromatic N) is 2. The fourth-order valence-electron chi connectivity index (χ4n) is 2.65. The second-order valence-corrected chi connectivity index (χ2v) is 5.61. The highest BCUT2D eigenvalue weighted by atomic mass is 16.1. The van der Waals surface area contributed by atoms with Crippen LogP contribution >= 0.6 is 0 Å². The van der Waals surface area contributed by atoms with Crippen LogP contribution in [0.1, 0.15) is 11.3 Å². The summed E-state index contributed by atoms with van der Waals surface area (Å²) in [5, 5.41) is 0.474. The van der Waals surface area contributed by atoms with Crippen LogP contribution in [0.15, 0.2) is 59.5 Å². The Morgan fingerprint density at radius 1 is 1.00 bits per heavy atom. The minimum Gasteiger partial charge on any atom is -0.369 e. The monoisotopic (exact) mass is 329 g/mol. The van der Waals surface area contributed by atoms with Crippen molar-refractivity contribution in [2.75, 3.05) is 5.73 Å². The molecule has 0 aliphatic carbocycles. The van der Waals surface area contributed by atoms with Gasteiger partial charge < -0.3 is 10.7 Å². The molecule has 0 saturated heterocycles. The van der Waals surface area contributed by atoms with Crippen molar-refractivity contribution in [2.24, 2.45) is 0 Å². The van der Waals surface area contributed by atoms with Crippen LogP contribution in [0, 0.1) is 0 Å². The lowest BCUT2D eigenvalue weighted by Crippen LogP contribution is -2.09. The fraction of sp³-hybridized carbons (Fsp3) is 0. The van der Waals surface area contributed by atoms with Gasteiger partial charge in [-0.15, -0.1) is 0 Å². The zero-order valence-electron chi connectivity index (χ0n) is 13.2. The molecule has 0 spiro atoms. The second-order valence-electron chi connectivity index (χ2n) is 5.61. The first-order chi connectivity index (χ1) is 12.2. The number of nitrogens with one attached hydrogen (secondary N) is 2. The Hall–Kier alpha value is -3.67. The molecule has 4 N–H and O–H groups in total. The van der Waals surface area contributed by atoms with Gasteiger partial charge in [0.05, 0.1) is 11.1 Å². The molecule has 0 bridgehead atoms. The van der Waals surface area contributed by atoms with Gasteiger partial charge in [0.1, 0.15) is 5.65 Å². The largest absolute Gasteiger partial charge is 0.369 e. The van der Waals surface area contributed by atoms with Gasteiger partial charge >= 0.3 is 0 Å². The maximum absolute atomic E-state index is 12.0. The number of fused-ring (bicyclic) bond motifs is 1. The highest BCUT2D eigenvalue weighted by molar-refractivity contribution is 5.83. The number of nitrogens with two attached hydrogens (primary N) is 1. The lowest BCUT2D eigenvalue weighted by molar-refractivity contribution is 1.17. The second kappa shape index (κ2) is 6.09. The summed E-state index contributed by atoms with van der Waals surface area (Å²) in [6, 6.07) is 15.6. The summed E-state index contributed by atoms with van der Waals surface area (Å²) in [5.74, 6) is 0.0899. The average Bonchev–Trinajstić information content (AvgIpc) is 3.06. The van der Waals surface area contributed by atoms with Crippen molar-refractivity contribution in [3.8, 4) is 11.3 Å². The number of rotatable bonds is 3. The highest BCUT2D eigenvalue weighted by Gasteiger charge is 2.08. The van der Waals surface area contributed by atoms with E-state index >= 15 is 0 Å². The molecule has 4 rings (SSSR count). The zero-order valence-corrected chi connectivity index (χ0v) is 13.2. The molecule has 0 aliphatic heterocycles. The van der Waals surface area contributed by atoms with Crippen LogP contribution in [0.5, 0.6) is 0 Å². The standard InChI is InChI=1S/C19H15N5O/c20-19-23-17-15(18(25)24-19)11-16(22-17)13-8-9-21-14(10-13)7-6-12-4-2-1-3-5-12/h1-11H,(H4,20,22,23,24,25)/b7-6+. The van der Waals surface area contributed by atoms with Gasteiger partial charge in [0.15, 0.2) is 0 Å². The Kier molecular flexibility index (Phi) is 3.63. The number of benzene rings is 1. The first-order valence-corrected chi connectivity index (χ1v) is 7.77. The highest BCUT2D eigenvalue weighted by Crippen LogP contribution is 2.22. The first-order valence-electron chi connectivity index (χ1n) is 7.77. The van der Waals surface area contributed by atoms with Crippen molar-refractivity contribution in [2.45, 2.75) is 0 Å². The minimum absolute atomic E-state index is 0.0899. The van der Waals surface area contributed by atoms with E-state index in [1.807, 2.05) is 54.6 Å². The molecule has 0 unspecified atom stereocenters. The number of hydrogen-bond donors (Lipinski definition) is 3. The van der Waals surface area contributed by atoms with Crippen LogP contribution in [0.2, 0.25) is 0 Å². The Labute approximate surface area is 143 Å². The average molecular weight is 329 g/mol. The van der Waals surface area contributed by atoms with Gasteiger partial charge in [-0.25, -0.2) is 0 Å². The van der Waals surface area contributed by atoms with E-state index in [1.165, 1.54) is 0 Å². The molecule has 3 aromatic heterocycles. The summed E-state index contributed by atoms with van der Waals surface area (Å²) in [4.78, 5) is 26.1. The summed E-state index contributed by atoms with van der Waals surface area (Å²) >= 11 is 0. The lowest BCUT2D eigenvalue weighted by atomic mass is 10.1. The van der Waals surface area contributed by atoms with Crippen LogP contribution in [0.4, 0.5) is 5.95 Å². The normalized spacial score (nSPS) is 11.4. The van der Waals surface area contributed by atoms with Crippen LogP contribution in [-0.2, 0) is 0 Å². The molecule has 6 heteroatoms. The summed E-state index contributed by atoms with van der Waals surface area (Å²) in [6.45, 7) is 0. The smallest absolute Gasteiger partial charge is 0.261 e. The third-order valence-electron chi connectivity index (χ3n) is 3.85. The Balaban J connectivity index is 1.71. The molecule has 122 valence electrons. The molecular weight excluding hydrogens is 314 g/mol. The quantitative estimate of drug-likeness (QED) is 0.538. The number of pyridine rings is 1. The van der Waals surface area contributed by atoms with E-state index in [0.29, 0.717) is 11.0 Å². The van der Waals surface area contributed by atoms with Gasteiger partial charge in [0.2, 0.25) is 5.95 Å². The van der Waals surface area contributed by atoms with E-state index < -0.39 is 0 Å². The maximum atomic E-state index is 12.0. The molecule has 0 amide bonds. The van der Waals surface area contributed by atoms with E-state index in [4.69, 9.17) is 5.73 Å². The number of anilines is 1. The third kappa shape index (κ3) is 3.05. The molecule has 25 heavy (non-hydrogen) atoms. The number of hydrogen-bond acceptors (Lipinski definition) is 4. The van der Waals surface area contributed by atoms with Gasteiger partial charge in [-0.1, -0.05) is 36.4 Å². The van der Waals surface area contributed by atoms with Crippen molar-refractivity contribution in [1.82, 2.24) is 19.9 Å². The molecule has 0 atom stereocenters. The van der Waals surface area contributed by atoms with Gasteiger partial charge in [0, 0.05) is 17.5 Å². The first kappa shape index (κ1) is 14.9. The van der Waals surface area contributed by atoms with E-state index in [-0.39, 0.29) is 11.5 Å². The maximum Gasteiger partial charge on any atom is 0.261 e. The van der Waals surface area contributed by atoms with Crippen molar-refractivity contribution in [1.29, 1.82) is 0 Å². The van der Waals surface area contributed by atoms with Crippen molar-refractivity contribution in [3.05, 3.63) is 76.3 Å². The Morgan fingerprint density at radius 3 is 2.68 bits per heavy atom. The molecule has 1 aromatic carbocycles. The zero-order chi connectivity index (χ0) is 17.2. The van der Waals surface area contributed by atoms with Gasteiger partial charge in [-0.2, -0.15) is 4.98 Å². The molecule has 0 fully saturated rings. The fourth-order valence-corrected chi connectivity index (χ4v) is 2.65. The van der Waals surface area contributed by atoms with Crippen molar-refractivity contribution >= 4 is 29.1 Å². The van der Waals surface area contributed by atoms with Crippen LogP contribution in [-0.4, -0.2) is 19.9 Å². The third-order valence-corrected chi connectivity index (χ3v) is 3.85. The SMILES string of the molecule is Nc1nc2[nH]c(-c3ccnc(/C=C/c4ccccc4)c3)cc2c(=O)[nH]1. The molecule has 0 aliphatic rings. The van der Waals surface area contributed by atoms with Crippen LogP contribution < -0.4 is 11.3 Å². The molecule has 3 heterocycles. The summed E-state index contributed by atoms with van der Waals surface area (Å²) < 4.78 is 0. The number of nitrogen functional groups attached to an aromatic ring is 1. The topological polar surface area (TPSA) is 100 Å². The molecular formula is C19H15N5O.